The Balaban J connectivity index is 1.74. The number of halogens is 1. The van der Waals surface area contributed by atoms with E-state index in [1.54, 1.807) is 12.1 Å². The molecular formula is C20H27FN4. The van der Waals surface area contributed by atoms with Gasteiger partial charge in [0, 0.05) is 30.5 Å². The quantitative estimate of drug-likeness (QED) is 0.774. The van der Waals surface area contributed by atoms with Crippen molar-refractivity contribution in [3.05, 3.63) is 53.0 Å². The van der Waals surface area contributed by atoms with Gasteiger partial charge in [0.15, 0.2) is 0 Å². The molecule has 0 atom stereocenters. The Morgan fingerprint density at radius 2 is 2.00 bits per heavy atom. The monoisotopic (exact) mass is 342 g/mol. The van der Waals surface area contributed by atoms with E-state index in [-0.39, 0.29) is 5.82 Å². The van der Waals surface area contributed by atoms with Crippen molar-refractivity contribution in [3.63, 3.8) is 0 Å². The van der Waals surface area contributed by atoms with Crippen molar-refractivity contribution in [1.82, 2.24) is 10.3 Å². The predicted octanol–water partition coefficient (Wildman–Crippen LogP) is 3.08. The smallest absolute Gasteiger partial charge is 0.125 e. The Bertz CT molecular complexity index is 707. The molecule has 0 unspecified atom stereocenters. The van der Waals surface area contributed by atoms with E-state index in [1.807, 2.05) is 26.1 Å². The van der Waals surface area contributed by atoms with E-state index in [2.05, 4.69) is 21.3 Å². The zero-order chi connectivity index (χ0) is 17.8. The van der Waals surface area contributed by atoms with Gasteiger partial charge >= 0.3 is 0 Å². The van der Waals surface area contributed by atoms with Crippen molar-refractivity contribution in [2.24, 2.45) is 0 Å². The van der Waals surface area contributed by atoms with Crippen LogP contribution in [0.5, 0.6) is 0 Å². The Morgan fingerprint density at radius 3 is 2.68 bits per heavy atom. The summed E-state index contributed by atoms with van der Waals surface area (Å²) < 4.78 is 14.2. The van der Waals surface area contributed by atoms with Gasteiger partial charge in [-0.25, -0.2) is 9.37 Å². The third-order valence-corrected chi connectivity index (χ3v) is 4.58. The lowest BCUT2D eigenvalue weighted by atomic mass is 10.1. The van der Waals surface area contributed by atoms with E-state index >= 15 is 0 Å². The number of nitrogens with two attached hydrogens (primary N) is 1. The Hall–Kier alpha value is -2.14. The molecule has 1 heterocycles. The van der Waals surface area contributed by atoms with Gasteiger partial charge < -0.3 is 16.0 Å². The first-order valence-corrected chi connectivity index (χ1v) is 8.99. The minimum absolute atomic E-state index is 0.167. The third kappa shape index (κ3) is 4.92. The van der Waals surface area contributed by atoms with Crippen molar-refractivity contribution in [2.75, 3.05) is 30.8 Å². The summed E-state index contributed by atoms with van der Waals surface area (Å²) in [7, 11) is 1.95. The van der Waals surface area contributed by atoms with Crippen LogP contribution < -0.4 is 16.0 Å². The lowest BCUT2D eigenvalue weighted by Crippen LogP contribution is -2.32. The molecule has 0 amide bonds. The van der Waals surface area contributed by atoms with Crippen LogP contribution in [-0.2, 0) is 12.8 Å². The zero-order valence-electron chi connectivity index (χ0n) is 15.1. The van der Waals surface area contributed by atoms with Crippen molar-refractivity contribution >= 4 is 11.5 Å². The molecule has 1 fully saturated rings. The molecule has 0 spiro atoms. The van der Waals surface area contributed by atoms with Gasteiger partial charge in [0.2, 0.25) is 0 Å². The van der Waals surface area contributed by atoms with Gasteiger partial charge in [-0.15, -0.1) is 0 Å². The number of likely N-dealkylation sites (N-methyl/N-ethyl adjacent to an activating group) is 1. The fraction of sp³-hybridized carbons (Fsp3) is 0.450. The topological polar surface area (TPSA) is 54.2 Å². The van der Waals surface area contributed by atoms with E-state index in [0.717, 1.165) is 48.4 Å². The number of anilines is 2. The number of hydrogen-bond acceptors (Lipinski definition) is 4. The second-order valence-electron chi connectivity index (χ2n) is 6.91. The van der Waals surface area contributed by atoms with Gasteiger partial charge in [-0.3, -0.25) is 0 Å². The van der Waals surface area contributed by atoms with Crippen LogP contribution in [0, 0.1) is 12.7 Å². The summed E-state index contributed by atoms with van der Waals surface area (Å²) in [4.78, 5) is 6.70. The number of pyridine rings is 1. The van der Waals surface area contributed by atoms with Crippen LogP contribution in [0.2, 0.25) is 0 Å². The highest BCUT2D eigenvalue weighted by Gasteiger charge is 2.29. The maximum absolute atomic E-state index is 14.2. The maximum atomic E-state index is 14.2. The minimum Gasteiger partial charge on any atom is -0.384 e. The summed E-state index contributed by atoms with van der Waals surface area (Å²) in [5.74, 6) is 0.376. The van der Waals surface area contributed by atoms with Crippen LogP contribution in [-0.4, -0.2) is 31.2 Å². The van der Waals surface area contributed by atoms with Gasteiger partial charge in [0.1, 0.15) is 11.6 Å². The highest BCUT2D eigenvalue weighted by molar-refractivity contribution is 5.51. The number of benzene rings is 1. The molecule has 0 saturated heterocycles. The second-order valence-corrected chi connectivity index (χ2v) is 6.91. The molecule has 2 aromatic rings. The molecular weight excluding hydrogens is 315 g/mol. The normalized spacial score (nSPS) is 13.9. The van der Waals surface area contributed by atoms with Gasteiger partial charge in [0.05, 0.1) is 0 Å². The number of nitrogens with zero attached hydrogens (tertiary/aromatic N) is 2. The summed E-state index contributed by atoms with van der Waals surface area (Å²) >= 11 is 0. The third-order valence-electron chi connectivity index (χ3n) is 4.58. The molecule has 3 rings (SSSR count). The highest BCUT2D eigenvalue weighted by Crippen LogP contribution is 2.32. The summed E-state index contributed by atoms with van der Waals surface area (Å²) in [5, 5.41) is 3.18. The lowest BCUT2D eigenvalue weighted by Gasteiger charge is -2.25. The largest absolute Gasteiger partial charge is 0.384 e. The van der Waals surface area contributed by atoms with Crippen molar-refractivity contribution in [3.8, 4) is 0 Å². The molecule has 0 aliphatic heterocycles. The van der Waals surface area contributed by atoms with Crippen molar-refractivity contribution in [2.45, 2.75) is 38.6 Å². The molecule has 25 heavy (non-hydrogen) atoms. The number of hydrogen-bond donors (Lipinski definition) is 2. The van der Waals surface area contributed by atoms with Crippen LogP contribution in [0.1, 0.15) is 29.7 Å². The number of aryl methyl sites for hydroxylation is 3. The number of nitrogens with one attached hydrogen (secondary N) is 1. The Kier molecular flexibility index (Phi) is 5.53. The number of rotatable bonds is 8. The summed E-state index contributed by atoms with van der Waals surface area (Å²) in [6.45, 7) is 3.81. The van der Waals surface area contributed by atoms with Gasteiger partial charge in [0.25, 0.3) is 0 Å². The maximum Gasteiger partial charge on any atom is 0.125 e. The van der Waals surface area contributed by atoms with Crippen LogP contribution in [0.3, 0.4) is 0 Å². The minimum atomic E-state index is -0.167. The lowest BCUT2D eigenvalue weighted by molar-refractivity contribution is 0.622. The predicted molar refractivity (Wildman–Crippen MR) is 101 cm³/mol. The molecule has 3 N–H and O–H groups in total. The number of nitrogen functional groups attached to an aromatic ring is 1. The SMILES string of the molecule is CNCCN(c1cc(F)cc(CCc2cc(C)cc(N)n2)c1)C1CC1. The second kappa shape index (κ2) is 7.83. The molecule has 0 radical (unpaired) electrons. The molecule has 1 aliphatic carbocycles. The molecule has 5 heteroatoms. The fourth-order valence-corrected chi connectivity index (χ4v) is 3.25. The van der Waals surface area contributed by atoms with Crippen LogP contribution in [0.4, 0.5) is 15.9 Å². The van der Waals surface area contributed by atoms with E-state index in [4.69, 9.17) is 5.73 Å². The van der Waals surface area contributed by atoms with Gasteiger partial charge in [-0.2, -0.15) is 0 Å². The van der Waals surface area contributed by atoms with Crippen LogP contribution in [0.15, 0.2) is 30.3 Å². The number of aromatic nitrogens is 1. The van der Waals surface area contributed by atoms with Crippen molar-refractivity contribution in [1.29, 1.82) is 0 Å². The first-order chi connectivity index (χ1) is 12.0. The summed E-state index contributed by atoms with van der Waals surface area (Å²) in [6.07, 6.45) is 3.91. The van der Waals surface area contributed by atoms with Crippen LogP contribution >= 0.6 is 0 Å². The van der Waals surface area contributed by atoms with E-state index < -0.39 is 0 Å². The van der Waals surface area contributed by atoms with Gasteiger partial charge in [-0.1, -0.05) is 0 Å². The molecule has 1 saturated carbocycles. The Labute approximate surface area is 149 Å². The Morgan fingerprint density at radius 1 is 1.20 bits per heavy atom. The first-order valence-electron chi connectivity index (χ1n) is 8.99. The van der Waals surface area contributed by atoms with E-state index in [1.165, 1.54) is 12.8 Å². The van der Waals surface area contributed by atoms with Crippen molar-refractivity contribution < 1.29 is 4.39 Å². The van der Waals surface area contributed by atoms with Crippen LogP contribution in [0.25, 0.3) is 0 Å². The fourth-order valence-electron chi connectivity index (χ4n) is 3.25. The van der Waals surface area contributed by atoms with Gasteiger partial charge in [-0.05, 0) is 81.1 Å². The zero-order valence-corrected chi connectivity index (χ0v) is 15.1. The summed E-state index contributed by atoms with van der Waals surface area (Å²) in [5.41, 5.74) is 9.88. The molecule has 4 nitrogen and oxygen atoms in total. The molecule has 0 bridgehead atoms. The average molecular weight is 342 g/mol. The molecule has 1 aromatic carbocycles. The molecule has 1 aliphatic rings. The van der Waals surface area contributed by atoms with E-state index in [0.29, 0.717) is 11.9 Å². The molecule has 134 valence electrons. The summed E-state index contributed by atoms with van der Waals surface area (Å²) in [6, 6.07) is 9.86. The standard InChI is InChI=1S/C20H27FN4/c1-14-9-17(24-20(22)10-14)4-3-15-11-16(21)13-19(12-15)25(8-7-23-2)18-5-6-18/h9-13,18,23H,3-8H2,1-2H3,(H2,22,24). The van der Waals surface area contributed by atoms with E-state index in [9.17, 15) is 4.39 Å². The average Bonchev–Trinajstić information content (AvgIpc) is 3.37. The first kappa shape index (κ1) is 17.7. The highest BCUT2D eigenvalue weighted by atomic mass is 19.1. The molecule has 1 aromatic heterocycles.